The molecule has 2 N–H and O–H groups in total. The first-order chi connectivity index (χ1) is 3.46. The number of rotatable bonds is 0. The van der Waals surface area contributed by atoms with Gasteiger partial charge in [-0.3, -0.25) is 0 Å². The molecule has 0 aromatic carbocycles. The van der Waals surface area contributed by atoms with Crippen LogP contribution < -0.4 is 0 Å². The van der Waals surface area contributed by atoms with E-state index in [9.17, 15) is 0 Å². The minimum atomic E-state index is -0.167. The maximum Gasteiger partial charge on any atom is 0.0483 e. The summed E-state index contributed by atoms with van der Waals surface area (Å²) in [5, 5.41) is 16.1. The average Bonchev–Trinajstić information content (AvgIpc) is 1.25. The van der Waals surface area contributed by atoms with E-state index in [1.165, 1.54) is 0 Å². The molecule has 0 heterocycles. The van der Waals surface area contributed by atoms with E-state index in [4.69, 9.17) is 10.2 Å². The van der Waals surface area contributed by atoms with Crippen molar-refractivity contribution in [2.45, 2.75) is 39.9 Å². The molecule has 0 saturated carbocycles. The van der Waals surface area contributed by atoms with Gasteiger partial charge in [-0.2, -0.15) is 0 Å². The fourth-order valence-electron chi connectivity index (χ4n) is 0. The summed E-state index contributed by atoms with van der Waals surface area (Å²) < 4.78 is 0. The van der Waals surface area contributed by atoms with Crippen LogP contribution in [0.4, 0.5) is 0 Å². The van der Waals surface area contributed by atoms with Crippen LogP contribution in [-0.2, 0) is 25.8 Å². The zero-order valence-corrected chi connectivity index (χ0v) is 12.6. The minimum Gasteiger partial charge on any atom is -0.394 e. The van der Waals surface area contributed by atoms with Gasteiger partial charge in [0.1, 0.15) is 0 Å². The van der Waals surface area contributed by atoms with E-state index < -0.39 is 0 Å². The van der Waals surface area contributed by atoms with E-state index in [0.717, 1.165) is 0 Å². The van der Waals surface area contributed by atoms with E-state index in [2.05, 4.69) is 0 Å². The zero-order chi connectivity index (χ0) is 7.15. The first-order valence-electron chi connectivity index (χ1n) is 2.83. The fourth-order valence-corrected chi connectivity index (χ4v) is 0. The monoisotopic (exact) mass is 372 g/mol. The van der Waals surface area contributed by atoms with Gasteiger partial charge in [0, 0.05) is 38.1 Å². The molecule has 0 rings (SSSR count). The van der Waals surface area contributed by atoms with Crippen LogP contribution in [0.2, 0.25) is 0 Å². The number of hydrogen-bond donors (Lipinski definition) is 2. The summed E-state index contributed by atoms with van der Waals surface area (Å²) in [5.41, 5.74) is 0. The summed E-state index contributed by atoms with van der Waals surface area (Å²) in [4.78, 5) is 0. The van der Waals surface area contributed by atoms with Crippen LogP contribution in [0.15, 0.2) is 0 Å². The van der Waals surface area contributed by atoms with Gasteiger partial charge in [0.25, 0.3) is 0 Å². The Balaban J connectivity index is -0.0000000171. The van der Waals surface area contributed by atoms with E-state index in [1.807, 2.05) is 0 Å². The molecule has 0 aromatic rings. The SMILES string of the molecule is CC(C)O.CC(C)O.Cl.Cl.[Hf]. The molecule has 0 aliphatic rings. The molecule has 0 unspecified atom stereocenters. The second kappa shape index (κ2) is 22.5. The molecule has 0 radical (unpaired) electrons. The van der Waals surface area contributed by atoms with Crippen molar-refractivity contribution in [3.05, 3.63) is 0 Å². The van der Waals surface area contributed by atoms with Gasteiger partial charge in [0.15, 0.2) is 0 Å². The van der Waals surface area contributed by atoms with Gasteiger partial charge < -0.3 is 10.2 Å². The molecule has 11 heavy (non-hydrogen) atoms. The number of aliphatic hydroxyl groups is 2. The van der Waals surface area contributed by atoms with Crippen molar-refractivity contribution in [1.82, 2.24) is 0 Å². The van der Waals surface area contributed by atoms with Gasteiger partial charge >= 0.3 is 0 Å². The molecule has 0 amide bonds. The topological polar surface area (TPSA) is 40.5 Å². The van der Waals surface area contributed by atoms with Crippen molar-refractivity contribution in [2.24, 2.45) is 0 Å². The van der Waals surface area contributed by atoms with Gasteiger partial charge in [-0.1, -0.05) is 0 Å². The molecule has 5 heteroatoms. The summed E-state index contributed by atoms with van der Waals surface area (Å²) in [6, 6.07) is 0. The number of halogens is 2. The van der Waals surface area contributed by atoms with Crippen LogP contribution in [0, 0.1) is 0 Å². The number of hydrogen-bond acceptors (Lipinski definition) is 2. The standard InChI is InChI=1S/2C3H8O.2ClH.Hf/c2*1-3(2)4;;;/h2*3-4H,1-2H3;2*1H;. The molecule has 72 valence electrons. The van der Waals surface area contributed by atoms with Crippen LogP contribution >= 0.6 is 24.8 Å². The second-order valence-corrected chi connectivity index (χ2v) is 2.19. The Bertz CT molecular complexity index is 34.1. The second-order valence-electron chi connectivity index (χ2n) is 2.19. The van der Waals surface area contributed by atoms with Gasteiger partial charge in [-0.05, 0) is 27.7 Å². The Morgan fingerprint density at radius 2 is 0.727 bits per heavy atom. The molecule has 0 atom stereocenters. The fraction of sp³-hybridized carbons (Fsp3) is 1.00. The smallest absolute Gasteiger partial charge is 0.0483 e. The Labute approximate surface area is 100 Å². The molecule has 0 aliphatic carbocycles. The Kier molecular flexibility index (Phi) is 60.2. The first kappa shape index (κ1) is 29.4. The maximum atomic E-state index is 8.06. The first-order valence-corrected chi connectivity index (χ1v) is 2.83. The van der Waals surface area contributed by atoms with Gasteiger partial charge in [0.2, 0.25) is 0 Å². The Morgan fingerprint density at radius 3 is 0.727 bits per heavy atom. The molecule has 0 aliphatic heterocycles. The predicted octanol–water partition coefficient (Wildman–Crippen LogP) is 1.62. The molecule has 0 spiro atoms. The molecule has 0 aromatic heterocycles. The van der Waals surface area contributed by atoms with Crippen molar-refractivity contribution in [3.63, 3.8) is 0 Å². The summed E-state index contributed by atoms with van der Waals surface area (Å²) in [5.74, 6) is 0. The van der Waals surface area contributed by atoms with Gasteiger partial charge in [0.05, 0.1) is 0 Å². The predicted molar refractivity (Wildman–Crippen MR) is 49.2 cm³/mol. The molecular weight excluding hydrogens is 353 g/mol. The van der Waals surface area contributed by atoms with Crippen LogP contribution in [-0.4, -0.2) is 22.4 Å². The zero-order valence-electron chi connectivity index (χ0n) is 7.37. The van der Waals surface area contributed by atoms with Crippen LogP contribution in [0.1, 0.15) is 27.7 Å². The van der Waals surface area contributed by atoms with Gasteiger partial charge in [-0.25, -0.2) is 0 Å². The normalized spacial score (nSPS) is 6.55. The largest absolute Gasteiger partial charge is 0.394 e. The quantitative estimate of drug-likeness (QED) is 0.635. The van der Waals surface area contributed by atoms with E-state index >= 15 is 0 Å². The summed E-state index contributed by atoms with van der Waals surface area (Å²) in [7, 11) is 0. The minimum absolute atomic E-state index is 0. The molecule has 0 bridgehead atoms. The van der Waals surface area contributed by atoms with Crippen LogP contribution in [0.5, 0.6) is 0 Å². The van der Waals surface area contributed by atoms with Crippen molar-refractivity contribution in [1.29, 1.82) is 0 Å². The third-order valence-corrected chi connectivity index (χ3v) is 0. The third-order valence-electron chi connectivity index (χ3n) is 0. The van der Waals surface area contributed by atoms with Crippen LogP contribution in [0.3, 0.4) is 0 Å². The van der Waals surface area contributed by atoms with E-state index in [1.54, 1.807) is 27.7 Å². The molecule has 0 saturated heterocycles. The van der Waals surface area contributed by atoms with E-state index in [-0.39, 0.29) is 62.9 Å². The van der Waals surface area contributed by atoms with Gasteiger partial charge in [-0.15, -0.1) is 24.8 Å². The third kappa shape index (κ3) is 532. The van der Waals surface area contributed by atoms with E-state index in [0.29, 0.717) is 0 Å². The van der Waals surface area contributed by atoms with Crippen molar-refractivity contribution in [3.8, 4) is 0 Å². The molecule has 0 fully saturated rings. The average molecular weight is 372 g/mol. The van der Waals surface area contributed by atoms with Crippen molar-refractivity contribution >= 4 is 24.8 Å². The number of aliphatic hydroxyl groups excluding tert-OH is 2. The Hall–Kier alpha value is 1.37. The summed E-state index contributed by atoms with van der Waals surface area (Å²) in [6.07, 6.45) is -0.333. The van der Waals surface area contributed by atoms with Crippen LogP contribution in [0.25, 0.3) is 0 Å². The Morgan fingerprint density at radius 1 is 0.727 bits per heavy atom. The maximum absolute atomic E-state index is 8.06. The summed E-state index contributed by atoms with van der Waals surface area (Å²) in [6.45, 7) is 6.89. The summed E-state index contributed by atoms with van der Waals surface area (Å²) >= 11 is 0. The van der Waals surface area contributed by atoms with Crippen molar-refractivity contribution < 1.29 is 36.1 Å². The molecular formula is C6H18Cl2HfO2. The molecule has 2 nitrogen and oxygen atoms in total. The van der Waals surface area contributed by atoms with Crippen molar-refractivity contribution in [2.75, 3.05) is 0 Å².